The number of carbonyl (C=O) groups is 2. The summed E-state index contributed by atoms with van der Waals surface area (Å²) < 4.78 is 6.77. The van der Waals surface area contributed by atoms with Crippen LogP contribution in [-0.2, 0) is 9.59 Å². The Hall–Kier alpha value is -0.860. The van der Waals surface area contributed by atoms with Crippen LogP contribution in [0.3, 0.4) is 0 Å². The summed E-state index contributed by atoms with van der Waals surface area (Å²) >= 11 is 0. The van der Waals surface area contributed by atoms with Gasteiger partial charge in [0.25, 0.3) is 0 Å². The molecule has 0 rings (SSSR count). The SMILES string of the molecule is C.[3H]CC(=O)NCCCCCC(=O)C(C)C. The van der Waals surface area contributed by atoms with E-state index in [-0.39, 0.29) is 26.2 Å². The van der Waals surface area contributed by atoms with Crippen LogP contribution >= 0.6 is 0 Å². The molecule has 15 heavy (non-hydrogen) atoms. The highest BCUT2D eigenvalue weighted by molar-refractivity contribution is 5.80. The van der Waals surface area contributed by atoms with Crippen molar-refractivity contribution in [3.8, 4) is 0 Å². The van der Waals surface area contributed by atoms with Gasteiger partial charge in [0.15, 0.2) is 0 Å². The van der Waals surface area contributed by atoms with Crippen molar-refractivity contribution in [3.05, 3.63) is 0 Å². The second-order valence-electron chi connectivity index (χ2n) is 3.78. The summed E-state index contributed by atoms with van der Waals surface area (Å²) in [5, 5.41) is 2.63. The lowest BCUT2D eigenvalue weighted by Crippen LogP contribution is -2.20. The highest BCUT2D eigenvalue weighted by atomic mass is 16.1. The molecule has 0 aliphatic carbocycles. The Morgan fingerprint density at radius 2 is 1.93 bits per heavy atom. The molecule has 0 spiro atoms. The van der Waals surface area contributed by atoms with E-state index >= 15 is 0 Å². The van der Waals surface area contributed by atoms with Crippen molar-refractivity contribution in [3.63, 3.8) is 0 Å². The smallest absolute Gasteiger partial charge is 0.216 e. The third-order valence-corrected chi connectivity index (χ3v) is 2.07. The van der Waals surface area contributed by atoms with Crippen LogP contribution in [0.1, 0.15) is 55.2 Å². The Morgan fingerprint density at radius 3 is 2.47 bits per heavy atom. The molecule has 0 aromatic carbocycles. The molecule has 0 heterocycles. The molecular weight excluding hydrogens is 190 g/mol. The molecule has 0 atom stereocenters. The molecule has 0 saturated heterocycles. The van der Waals surface area contributed by atoms with Crippen molar-refractivity contribution in [2.45, 2.75) is 53.9 Å². The van der Waals surface area contributed by atoms with Gasteiger partial charge in [-0.1, -0.05) is 27.7 Å². The molecule has 0 aromatic rings. The lowest BCUT2D eigenvalue weighted by atomic mass is 10.0. The van der Waals surface area contributed by atoms with E-state index in [0.717, 1.165) is 19.3 Å². The summed E-state index contributed by atoms with van der Waals surface area (Å²) in [6.07, 6.45) is 3.38. The van der Waals surface area contributed by atoms with Gasteiger partial charge in [-0.3, -0.25) is 9.59 Å². The molecule has 90 valence electrons. The fraction of sp³-hybridized carbons (Fsp3) is 0.833. The maximum Gasteiger partial charge on any atom is 0.216 e. The number of rotatable bonds is 7. The van der Waals surface area contributed by atoms with E-state index in [1.807, 2.05) is 13.8 Å². The van der Waals surface area contributed by atoms with Gasteiger partial charge in [0, 0.05) is 27.2 Å². The Balaban J connectivity index is 0. The van der Waals surface area contributed by atoms with Gasteiger partial charge >= 0.3 is 0 Å². The zero-order valence-corrected chi connectivity index (χ0v) is 9.14. The monoisotopic (exact) mass is 217 g/mol. The maximum absolute atomic E-state index is 11.2. The van der Waals surface area contributed by atoms with Crippen LogP contribution < -0.4 is 5.32 Å². The molecule has 0 fully saturated rings. The summed E-state index contributed by atoms with van der Waals surface area (Å²) in [6, 6.07) is 0. The van der Waals surface area contributed by atoms with Gasteiger partial charge in [-0.2, -0.15) is 0 Å². The molecule has 1 N–H and O–H groups in total. The van der Waals surface area contributed by atoms with Crippen molar-refractivity contribution in [1.82, 2.24) is 5.32 Å². The molecule has 3 heteroatoms. The van der Waals surface area contributed by atoms with Crippen LogP contribution in [0.15, 0.2) is 0 Å². The van der Waals surface area contributed by atoms with Crippen LogP contribution in [0.4, 0.5) is 0 Å². The van der Waals surface area contributed by atoms with E-state index in [0.29, 0.717) is 18.7 Å². The Bertz CT molecular complexity index is 205. The molecular formula is C12H25NO2. The topological polar surface area (TPSA) is 46.2 Å². The minimum absolute atomic E-state index is 0. The third-order valence-electron chi connectivity index (χ3n) is 2.07. The summed E-state index contributed by atoms with van der Waals surface area (Å²) in [4.78, 5) is 21.9. The summed E-state index contributed by atoms with van der Waals surface area (Å²) in [6.45, 7) is 4.24. The zero-order chi connectivity index (χ0) is 11.7. The van der Waals surface area contributed by atoms with Crippen LogP contribution in [-0.4, -0.2) is 18.2 Å². The average Bonchev–Trinajstić information content (AvgIpc) is 2.22. The number of hydrogen-bond acceptors (Lipinski definition) is 2. The van der Waals surface area contributed by atoms with E-state index in [1.54, 1.807) is 0 Å². The highest BCUT2D eigenvalue weighted by Gasteiger charge is 2.05. The number of Topliss-reactive ketones (excluding diaryl/α,β-unsaturated/α-hetero) is 1. The fourth-order valence-electron chi connectivity index (χ4n) is 1.12. The number of ketones is 1. The standard InChI is InChI=1S/C11H21NO2.CH4/c1-9(2)11(14)7-5-4-6-8-12-10(3)13;/h9H,4-8H2,1-3H3,(H,12,13);1H4/i3T;. The molecule has 0 radical (unpaired) electrons. The molecule has 0 aliphatic heterocycles. The molecule has 0 aliphatic rings. The Morgan fingerprint density at radius 1 is 1.27 bits per heavy atom. The highest BCUT2D eigenvalue weighted by Crippen LogP contribution is 2.05. The van der Waals surface area contributed by atoms with Gasteiger partial charge in [0.05, 0.1) is 0 Å². The number of carbonyl (C=O) groups excluding carboxylic acids is 2. The van der Waals surface area contributed by atoms with E-state index in [9.17, 15) is 9.59 Å². The first-order valence-electron chi connectivity index (χ1n) is 5.87. The first kappa shape index (κ1) is 14.1. The lowest BCUT2D eigenvalue weighted by molar-refractivity contribution is -0.122. The second-order valence-corrected chi connectivity index (χ2v) is 3.78. The van der Waals surface area contributed by atoms with Crippen molar-refractivity contribution in [2.75, 3.05) is 6.54 Å². The molecule has 0 unspecified atom stereocenters. The molecule has 0 bridgehead atoms. The van der Waals surface area contributed by atoms with Gasteiger partial charge in [-0.25, -0.2) is 0 Å². The molecule has 0 saturated carbocycles. The Kier molecular flexibility index (Phi) is 9.13. The van der Waals surface area contributed by atoms with Crippen molar-refractivity contribution < 1.29 is 11.0 Å². The van der Waals surface area contributed by atoms with Gasteiger partial charge in [0.2, 0.25) is 5.91 Å². The third kappa shape index (κ3) is 11.1. The predicted octanol–water partition coefficient (Wildman–Crippen LogP) is 2.54. The number of nitrogens with one attached hydrogen (secondary N) is 1. The summed E-state index contributed by atoms with van der Waals surface area (Å²) in [5.41, 5.74) is 0. The number of unbranched alkanes of at least 4 members (excludes halogenated alkanes) is 2. The number of amides is 1. The van der Waals surface area contributed by atoms with Gasteiger partial charge < -0.3 is 5.32 Å². The van der Waals surface area contributed by atoms with E-state index in [1.165, 1.54) is 0 Å². The summed E-state index contributed by atoms with van der Waals surface area (Å²) in [7, 11) is 0. The van der Waals surface area contributed by atoms with Crippen LogP contribution in [0, 0.1) is 5.92 Å². The largest absolute Gasteiger partial charge is 0.356 e. The fourth-order valence-corrected chi connectivity index (χ4v) is 1.12. The van der Waals surface area contributed by atoms with Crippen molar-refractivity contribution in [1.29, 1.82) is 0 Å². The van der Waals surface area contributed by atoms with Gasteiger partial charge in [-0.15, -0.1) is 0 Å². The number of hydrogen-bond donors (Lipinski definition) is 1. The minimum Gasteiger partial charge on any atom is -0.356 e. The van der Waals surface area contributed by atoms with E-state index in [4.69, 9.17) is 1.37 Å². The normalized spacial score (nSPS) is 10.5. The molecule has 3 nitrogen and oxygen atoms in total. The van der Waals surface area contributed by atoms with Crippen molar-refractivity contribution in [2.24, 2.45) is 5.92 Å². The van der Waals surface area contributed by atoms with Crippen LogP contribution in [0.5, 0.6) is 0 Å². The van der Waals surface area contributed by atoms with Crippen molar-refractivity contribution >= 4 is 11.7 Å². The predicted molar refractivity (Wildman–Crippen MR) is 63.7 cm³/mol. The van der Waals surface area contributed by atoms with Crippen LogP contribution in [0.25, 0.3) is 0 Å². The Labute approximate surface area is 95.0 Å². The van der Waals surface area contributed by atoms with Crippen LogP contribution in [0.2, 0.25) is 0 Å². The second kappa shape index (κ2) is 9.69. The van der Waals surface area contributed by atoms with E-state index in [2.05, 4.69) is 5.32 Å². The van der Waals surface area contributed by atoms with Gasteiger partial charge in [0.1, 0.15) is 5.78 Å². The average molecular weight is 217 g/mol. The molecule has 0 aromatic heterocycles. The first-order valence-corrected chi connectivity index (χ1v) is 5.16. The first-order chi connectivity index (χ1) is 7.07. The van der Waals surface area contributed by atoms with E-state index < -0.39 is 0 Å². The minimum atomic E-state index is -0.228. The lowest BCUT2D eigenvalue weighted by Gasteiger charge is -2.04. The molecule has 1 amide bonds. The maximum atomic E-state index is 11.2. The summed E-state index contributed by atoms with van der Waals surface area (Å²) in [5.74, 6) is 0.214. The zero-order valence-electron chi connectivity index (χ0n) is 10.1. The quantitative estimate of drug-likeness (QED) is 0.666. The van der Waals surface area contributed by atoms with Gasteiger partial charge in [-0.05, 0) is 12.8 Å².